The molecule has 0 radical (unpaired) electrons. The molecule has 0 aliphatic carbocycles. The molecule has 3 heterocycles. The quantitative estimate of drug-likeness (QED) is 0.332. The molecule has 114 valence electrons. The lowest BCUT2D eigenvalue weighted by Gasteiger charge is -2.15. The maximum atomic E-state index is 12.0. The van der Waals surface area contributed by atoms with Crippen molar-refractivity contribution < 1.29 is 20.1 Å². The Morgan fingerprint density at radius 1 is 1.29 bits per heavy atom. The zero-order valence-electron chi connectivity index (χ0n) is 10.6. The number of aliphatic hydroxyl groups is 3. The standard InChI is InChI=1S/C10H13N5O6/c11-9-13-6-3(7(19)14-9)12-10(20)15(6)8-5(18)4(17)2(1-16)21-8/h2,4-5,8,16-18H,1H2,(H,12,20)(H3,11,13,14,19)/t2-,4-,5+,8-/m0/s1. The molecule has 0 amide bonds. The van der Waals surface area contributed by atoms with Gasteiger partial charge < -0.3 is 25.8 Å². The number of nitrogens with one attached hydrogen (secondary N) is 2. The van der Waals surface area contributed by atoms with Gasteiger partial charge in [-0.15, -0.1) is 0 Å². The van der Waals surface area contributed by atoms with Gasteiger partial charge in [-0.1, -0.05) is 0 Å². The molecular formula is C10H13N5O6. The Bertz CT molecular complexity index is 793. The van der Waals surface area contributed by atoms with E-state index < -0.39 is 42.4 Å². The van der Waals surface area contributed by atoms with Crippen LogP contribution in [0.25, 0.3) is 11.2 Å². The molecule has 0 bridgehead atoms. The van der Waals surface area contributed by atoms with Crippen LogP contribution in [-0.2, 0) is 4.74 Å². The van der Waals surface area contributed by atoms with Gasteiger partial charge in [-0.05, 0) is 0 Å². The highest BCUT2D eigenvalue weighted by Crippen LogP contribution is 2.29. The number of ether oxygens (including phenoxy) is 1. The predicted molar refractivity (Wildman–Crippen MR) is 68.4 cm³/mol. The molecule has 4 atom stereocenters. The summed E-state index contributed by atoms with van der Waals surface area (Å²) in [5.41, 5.74) is 3.77. The summed E-state index contributed by atoms with van der Waals surface area (Å²) in [6.45, 7) is -0.540. The van der Waals surface area contributed by atoms with Gasteiger partial charge in [0, 0.05) is 0 Å². The molecule has 1 aliphatic heterocycles. The second-order valence-electron chi connectivity index (χ2n) is 4.68. The van der Waals surface area contributed by atoms with E-state index in [1.54, 1.807) is 0 Å². The van der Waals surface area contributed by atoms with E-state index in [1.165, 1.54) is 0 Å². The Hall–Kier alpha value is -2.21. The summed E-state index contributed by atoms with van der Waals surface area (Å²) in [6.07, 6.45) is -5.20. The molecule has 2 aromatic heterocycles. The second-order valence-corrected chi connectivity index (χ2v) is 4.68. The number of anilines is 1. The highest BCUT2D eigenvalue weighted by Gasteiger charge is 2.44. The third-order valence-corrected chi connectivity index (χ3v) is 3.37. The van der Waals surface area contributed by atoms with Crippen molar-refractivity contribution in [3.05, 3.63) is 20.8 Å². The van der Waals surface area contributed by atoms with Gasteiger partial charge in [-0.3, -0.25) is 14.8 Å². The first-order valence-electron chi connectivity index (χ1n) is 6.06. The van der Waals surface area contributed by atoms with Gasteiger partial charge in [-0.2, -0.15) is 4.98 Å². The van der Waals surface area contributed by atoms with Crippen LogP contribution >= 0.6 is 0 Å². The zero-order valence-corrected chi connectivity index (χ0v) is 10.6. The molecule has 11 heteroatoms. The van der Waals surface area contributed by atoms with Crippen LogP contribution in [0.3, 0.4) is 0 Å². The molecule has 7 N–H and O–H groups in total. The summed E-state index contributed by atoms with van der Waals surface area (Å²) in [6, 6.07) is 0. The average molecular weight is 299 g/mol. The Labute approximate surface area is 115 Å². The van der Waals surface area contributed by atoms with Crippen LogP contribution in [0.2, 0.25) is 0 Å². The maximum Gasteiger partial charge on any atom is 0.330 e. The molecule has 11 nitrogen and oxygen atoms in total. The number of nitrogen functional groups attached to an aromatic ring is 1. The van der Waals surface area contributed by atoms with Gasteiger partial charge in [0.2, 0.25) is 5.95 Å². The SMILES string of the molecule is Nc1nc2c([nH]c(=O)n2[C@H]2O[C@@H](CO)[C@H](O)[C@H]2O)c(=O)[nH]1. The van der Waals surface area contributed by atoms with Crippen molar-refractivity contribution in [2.24, 2.45) is 0 Å². The van der Waals surface area contributed by atoms with E-state index in [0.717, 1.165) is 4.57 Å². The van der Waals surface area contributed by atoms with E-state index in [9.17, 15) is 19.8 Å². The molecule has 0 saturated carbocycles. The van der Waals surface area contributed by atoms with Crippen LogP contribution in [0.4, 0.5) is 5.95 Å². The number of aromatic nitrogens is 4. The van der Waals surface area contributed by atoms with Crippen molar-refractivity contribution in [2.45, 2.75) is 24.5 Å². The zero-order chi connectivity index (χ0) is 15.3. The molecule has 0 aromatic carbocycles. The molecule has 1 fully saturated rings. The van der Waals surface area contributed by atoms with E-state index in [4.69, 9.17) is 15.6 Å². The monoisotopic (exact) mass is 299 g/mol. The lowest BCUT2D eigenvalue weighted by molar-refractivity contribution is -0.0524. The number of H-pyrrole nitrogens is 2. The molecule has 0 spiro atoms. The largest absolute Gasteiger partial charge is 0.394 e. The molecule has 1 saturated heterocycles. The van der Waals surface area contributed by atoms with Crippen LogP contribution in [0, 0.1) is 0 Å². The Morgan fingerprint density at radius 2 is 2.00 bits per heavy atom. The number of fused-ring (bicyclic) bond motifs is 1. The number of hydrogen-bond donors (Lipinski definition) is 6. The number of rotatable bonds is 2. The van der Waals surface area contributed by atoms with Crippen molar-refractivity contribution in [3.63, 3.8) is 0 Å². The van der Waals surface area contributed by atoms with Crippen LogP contribution in [0.15, 0.2) is 9.59 Å². The minimum atomic E-state index is -1.47. The van der Waals surface area contributed by atoms with Crippen LogP contribution in [0.1, 0.15) is 6.23 Å². The van der Waals surface area contributed by atoms with Crippen molar-refractivity contribution >= 4 is 17.1 Å². The molecule has 0 unspecified atom stereocenters. The Balaban J connectivity index is 2.20. The van der Waals surface area contributed by atoms with Gasteiger partial charge in [0.1, 0.15) is 18.3 Å². The fraction of sp³-hybridized carbons (Fsp3) is 0.500. The topological polar surface area (TPSA) is 179 Å². The van der Waals surface area contributed by atoms with Crippen molar-refractivity contribution in [1.29, 1.82) is 0 Å². The van der Waals surface area contributed by atoms with E-state index in [-0.39, 0.29) is 17.1 Å². The number of imidazole rings is 1. The average Bonchev–Trinajstić information content (AvgIpc) is 2.89. The first-order valence-corrected chi connectivity index (χ1v) is 6.06. The molecule has 3 rings (SSSR count). The van der Waals surface area contributed by atoms with Crippen LogP contribution in [-0.4, -0.2) is 59.8 Å². The summed E-state index contributed by atoms with van der Waals surface area (Å²) in [7, 11) is 0. The van der Waals surface area contributed by atoms with Gasteiger partial charge in [0.15, 0.2) is 17.4 Å². The van der Waals surface area contributed by atoms with Crippen LogP contribution in [0.5, 0.6) is 0 Å². The fourth-order valence-corrected chi connectivity index (χ4v) is 2.36. The summed E-state index contributed by atoms with van der Waals surface area (Å²) in [5, 5.41) is 28.7. The summed E-state index contributed by atoms with van der Waals surface area (Å²) < 4.78 is 6.13. The fourth-order valence-electron chi connectivity index (χ4n) is 2.36. The first kappa shape index (κ1) is 13.8. The van der Waals surface area contributed by atoms with E-state index >= 15 is 0 Å². The summed E-state index contributed by atoms with van der Waals surface area (Å²) in [4.78, 5) is 32.0. The maximum absolute atomic E-state index is 12.0. The normalized spacial score (nSPS) is 29.3. The van der Waals surface area contributed by atoms with Crippen molar-refractivity contribution in [2.75, 3.05) is 12.3 Å². The summed E-state index contributed by atoms with van der Waals surface area (Å²) in [5.74, 6) is -0.216. The molecule has 21 heavy (non-hydrogen) atoms. The second kappa shape index (κ2) is 4.66. The number of aliphatic hydroxyl groups excluding tert-OH is 3. The minimum Gasteiger partial charge on any atom is -0.394 e. The van der Waals surface area contributed by atoms with Gasteiger partial charge in [-0.25, -0.2) is 9.36 Å². The van der Waals surface area contributed by atoms with Crippen LogP contribution < -0.4 is 17.0 Å². The number of aromatic amines is 2. The van der Waals surface area contributed by atoms with Gasteiger partial charge in [0.25, 0.3) is 5.56 Å². The summed E-state index contributed by atoms with van der Waals surface area (Å²) >= 11 is 0. The number of hydrogen-bond acceptors (Lipinski definition) is 8. The predicted octanol–water partition coefficient (Wildman–Crippen LogP) is -3.39. The van der Waals surface area contributed by atoms with Gasteiger partial charge in [0.05, 0.1) is 6.61 Å². The smallest absolute Gasteiger partial charge is 0.330 e. The number of nitrogens with two attached hydrogens (primary N) is 1. The van der Waals surface area contributed by atoms with E-state index in [0.29, 0.717) is 0 Å². The molecule has 2 aromatic rings. The van der Waals surface area contributed by atoms with Gasteiger partial charge >= 0.3 is 5.69 Å². The van der Waals surface area contributed by atoms with E-state index in [2.05, 4.69) is 15.0 Å². The molecular weight excluding hydrogens is 286 g/mol. The number of nitrogens with zero attached hydrogens (tertiary/aromatic N) is 2. The van der Waals surface area contributed by atoms with Crippen molar-refractivity contribution in [1.82, 2.24) is 19.5 Å². The van der Waals surface area contributed by atoms with E-state index in [1.807, 2.05) is 0 Å². The third kappa shape index (κ3) is 1.94. The first-order chi connectivity index (χ1) is 9.93. The minimum absolute atomic E-state index is 0.115. The highest BCUT2D eigenvalue weighted by atomic mass is 16.6. The lowest BCUT2D eigenvalue weighted by atomic mass is 10.1. The highest BCUT2D eigenvalue weighted by molar-refractivity contribution is 5.70. The Morgan fingerprint density at radius 3 is 2.62 bits per heavy atom. The molecule has 1 aliphatic rings. The lowest BCUT2D eigenvalue weighted by Crippen LogP contribution is -2.35. The Kier molecular flexibility index (Phi) is 3.06. The third-order valence-electron chi connectivity index (χ3n) is 3.37. The van der Waals surface area contributed by atoms with Crippen molar-refractivity contribution in [3.8, 4) is 0 Å².